The third kappa shape index (κ3) is 3.15. The molecule has 2 rings (SSSR count). The number of hydrogen-bond acceptors (Lipinski definition) is 2. The summed E-state index contributed by atoms with van der Waals surface area (Å²) in [5.41, 5.74) is 0. The summed E-state index contributed by atoms with van der Waals surface area (Å²) in [6, 6.07) is 0. The van der Waals surface area contributed by atoms with Crippen LogP contribution in [-0.2, 0) is 0 Å². The molecule has 1 N–H and O–H groups in total. The Morgan fingerprint density at radius 1 is 1.24 bits per heavy atom. The summed E-state index contributed by atoms with van der Waals surface area (Å²) >= 11 is 0. The van der Waals surface area contributed by atoms with Crippen molar-refractivity contribution in [2.45, 2.75) is 31.6 Å². The number of nitrogens with zero attached hydrogens (tertiary/aromatic N) is 2. The number of rotatable bonds is 1. The molecular formula is C12H21F2N3. The molecule has 0 aromatic rings. The molecule has 0 aromatic carbocycles. The highest BCUT2D eigenvalue weighted by Crippen LogP contribution is 2.37. The van der Waals surface area contributed by atoms with Gasteiger partial charge >= 0.3 is 0 Å². The van der Waals surface area contributed by atoms with Gasteiger partial charge in [-0.25, -0.2) is 8.78 Å². The van der Waals surface area contributed by atoms with Crippen molar-refractivity contribution in [3.63, 3.8) is 0 Å². The van der Waals surface area contributed by atoms with Gasteiger partial charge in [0.15, 0.2) is 0 Å². The van der Waals surface area contributed by atoms with Gasteiger partial charge in [-0.3, -0.25) is 5.41 Å². The molecule has 1 aliphatic heterocycles. The van der Waals surface area contributed by atoms with Crippen LogP contribution in [0.25, 0.3) is 0 Å². The minimum atomic E-state index is -2.55. The predicted molar refractivity (Wildman–Crippen MR) is 63.7 cm³/mol. The molecule has 0 spiro atoms. The Hall–Kier alpha value is -0.710. The minimum Gasteiger partial charge on any atom is -0.358 e. The number of nitrogens with one attached hydrogen (secondary N) is 1. The van der Waals surface area contributed by atoms with E-state index in [-0.39, 0.29) is 18.8 Å². The first-order chi connectivity index (χ1) is 7.98. The maximum Gasteiger partial charge on any atom is 0.248 e. The van der Waals surface area contributed by atoms with Crippen LogP contribution in [0, 0.1) is 11.3 Å². The molecule has 1 aliphatic carbocycles. The Morgan fingerprint density at radius 3 is 2.47 bits per heavy atom. The highest BCUT2D eigenvalue weighted by atomic mass is 19.3. The van der Waals surface area contributed by atoms with Gasteiger partial charge in [-0.1, -0.05) is 0 Å². The standard InChI is InChI=1S/C12H21F2N3/c1-16-5-7-17(8-6-16)11(15)10-3-2-4-12(13,14)9-10/h10,15H,2-9H2,1H3. The summed E-state index contributed by atoms with van der Waals surface area (Å²) < 4.78 is 26.6. The average molecular weight is 245 g/mol. The minimum absolute atomic E-state index is 0.000478. The Balaban J connectivity index is 1.91. The van der Waals surface area contributed by atoms with Crippen molar-refractivity contribution in [2.24, 2.45) is 5.92 Å². The molecule has 1 heterocycles. The lowest BCUT2D eigenvalue weighted by atomic mass is 9.85. The third-order valence-electron chi connectivity index (χ3n) is 3.87. The summed E-state index contributed by atoms with van der Waals surface area (Å²) in [5, 5.41) is 8.09. The topological polar surface area (TPSA) is 30.3 Å². The van der Waals surface area contributed by atoms with E-state index in [1.165, 1.54) is 0 Å². The molecule has 98 valence electrons. The quantitative estimate of drug-likeness (QED) is 0.566. The van der Waals surface area contributed by atoms with E-state index < -0.39 is 5.92 Å². The SMILES string of the molecule is CN1CCN(C(=N)C2CCCC(F)(F)C2)CC1. The van der Waals surface area contributed by atoms with E-state index in [0.29, 0.717) is 12.3 Å². The lowest BCUT2D eigenvalue weighted by molar-refractivity contribution is -0.0444. The van der Waals surface area contributed by atoms with Crippen LogP contribution in [-0.4, -0.2) is 54.8 Å². The van der Waals surface area contributed by atoms with Gasteiger partial charge in [-0.15, -0.1) is 0 Å². The number of halogens is 2. The van der Waals surface area contributed by atoms with E-state index in [4.69, 9.17) is 5.41 Å². The van der Waals surface area contributed by atoms with Crippen molar-refractivity contribution < 1.29 is 8.78 Å². The first-order valence-corrected chi connectivity index (χ1v) is 6.38. The molecular weight excluding hydrogens is 224 g/mol. The second kappa shape index (κ2) is 4.88. The molecule has 0 amide bonds. The molecule has 0 radical (unpaired) electrons. The molecule has 17 heavy (non-hydrogen) atoms. The molecule has 0 bridgehead atoms. The van der Waals surface area contributed by atoms with Crippen LogP contribution < -0.4 is 0 Å². The van der Waals surface area contributed by atoms with Crippen LogP contribution >= 0.6 is 0 Å². The first-order valence-electron chi connectivity index (χ1n) is 6.38. The Labute approximate surface area is 101 Å². The fourth-order valence-corrected chi connectivity index (χ4v) is 2.71. The van der Waals surface area contributed by atoms with Crippen molar-refractivity contribution in [1.29, 1.82) is 5.41 Å². The maximum atomic E-state index is 13.3. The zero-order chi connectivity index (χ0) is 12.5. The fourth-order valence-electron chi connectivity index (χ4n) is 2.71. The van der Waals surface area contributed by atoms with Gasteiger partial charge in [0.25, 0.3) is 0 Å². The molecule has 1 unspecified atom stereocenters. The van der Waals surface area contributed by atoms with Crippen LogP contribution in [0.5, 0.6) is 0 Å². The lowest BCUT2D eigenvalue weighted by Gasteiger charge is -2.38. The maximum absolute atomic E-state index is 13.3. The number of piperazine rings is 1. The monoisotopic (exact) mass is 245 g/mol. The van der Waals surface area contributed by atoms with Gasteiger partial charge in [0.1, 0.15) is 0 Å². The number of hydrogen-bond donors (Lipinski definition) is 1. The van der Waals surface area contributed by atoms with Gasteiger partial charge in [-0.2, -0.15) is 0 Å². The zero-order valence-corrected chi connectivity index (χ0v) is 10.4. The molecule has 1 atom stereocenters. The Bertz CT molecular complexity index is 285. The smallest absolute Gasteiger partial charge is 0.248 e. The molecule has 5 heteroatoms. The van der Waals surface area contributed by atoms with E-state index >= 15 is 0 Å². The molecule has 0 aromatic heterocycles. The van der Waals surface area contributed by atoms with E-state index in [9.17, 15) is 8.78 Å². The first kappa shape index (κ1) is 12.7. The summed E-state index contributed by atoms with van der Waals surface area (Å²) in [5.74, 6) is -2.35. The lowest BCUT2D eigenvalue weighted by Crippen LogP contribution is -2.49. The van der Waals surface area contributed by atoms with Gasteiger partial charge in [0.2, 0.25) is 5.92 Å². The Morgan fingerprint density at radius 2 is 1.88 bits per heavy atom. The van der Waals surface area contributed by atoms with Crippen LogP contribution in [0.2, 0.25) is 0 Å². The molecule has 2 fully saturated rings. The summed E-state index contributed by atoms with van der Waals surface area (Å²) in [6.45, 7) is 3.45. The van der Waals surface area contributed by atoms with Crippen molar-refractivity contribution in [2.75, 3.05) is 33.2 Å². The van der Waals surface area contributed by atoms with Crippen molar-refractivity contribution in [3.8, 4) is 0 Å². The normalized spacial score (nSPS) is 30.3. The molecule has 1 saturated heterocycles. The van der Waals surface area contributed by atoms with Crippen LogP contribution in [0.15, 0.2) is 0 Å². The summed E-state index contributed by atoms with van der Waals surface area (Å²) in [6.07, 6.45) is 1.17. The van der Waals surface area contributed by atoms with E-state index in [1.807, 2.05) is 4.90 Å². The van der Waals surface area contributed by atoms with Crippen molar-refractivity contribution in [3.05, 3.63) is 0 Å². The van der Waals surface area contributed by atoms with Gasteiger partial charge in [-0.05, 0) is 19.9 Å². The highest BCUT2D eigenvalue weighted by molar-refractivity contribution is 5.82. The van der Waals surface area contributed by atoms with Crippen LogP contribution in [0.4, 0.5) is 8.78 Å². The van der Waals surface area contributed by atoms with E-state index in [1.54, 1.807) is 0 Å². The summed E-state index contributed by atoms with van der Waals surface area (Å²) in [4.78, 5) is 4.19. The largest absolute Gasteiger partial charge is 0.358 e. The van der Waals surface area contributed by atoms with Crippen molar-refractivity contribution >= 4 is 5.84 Å². The number of likely N-dealkylation sites (N-methyl/N-ethyl adjacent to an activating group) is 1. The molecule has 1 saturated carbocycles. The van der Waals surface area contributed by atoms with Crippen LogP contribution in [0.3, 0.4) is 0 Å². The second-order valence-corrected chi connectivity index (χ2v) is 5.32. The summed E-state index contributed by atoms with van der Waals surface area (Å²) in [7, 11) is 2.05. The fraction of sp³-hybridized carbons (Fsp3) is 0.917. The molecule has 3 nitrogen and oxygen atoms in total. The van der Waals surface area contributed by atoms with Gasteiger partial charge in [0, 0.05) is 44.9 Å². The second-order valence-electron chi connectivity index (χ2n) is 5.32. The van der Waals surface area contributed by atoms with Crippen molar-refractivity contribution in [1.82, 2.24) is 9.80 Å². The zero-order valence-electron chi connectivity index (χ0n) is 10.4. The predicted octanol–water partition coefficient (Wildman–Crippen LogP) is 2.04. The van der Waals surface area contributed by atoms with E-state index in [0.717, 1.165) is 32.6 Å². The molecule has 2 aliphatic rings. The number of alkyl halides is 2. The highest BCUT2D eigenvalue weighted by Gasteiger charge is 2.39. The third-order valence-corrected chi connectivity index (χ3v) is 3.87. The number of amidine groups is 1. The van der Waals surface area contributed by atoms with Crippen LogP contribution in [0.1, 0.15) is 25.7 Å². The average Bonchev–Trinajstić information content (AvgIpc) is 2.28. The van der Waals surface area contributed by atoms with Gasteiger partial charge in [0.05, 0.1) is 5.84 Å². The van der Waals surface area contributed by atoms with Gasteiger partial charge < -0.3 is 9.80 Å². The van der Waals surface area contributed by atoms with E-state index in [2.05, 4.69) is 11.9 Å². The Kier molecular flexibility index (Phi) is 3.66.